The molecule has 37 heavy (non-hydrogen) atoms. The van der Waals surface area contributed by atoms with E-state index in [1.165, 1.54) is 24.2 Å². The van der Waals surface area contributed by atoms with Crippen LogP contribution in [0.4, 0.5) is 5.69 Å². The predicted molar refractivity (Wildman–Crippen MR) is 143 cm³/mol. The molecule has 2 aromatic rings. The van der Waals surface area contributed by atoms with Gasteiger partial charge in [-0.3, -0.25) is 24.4 Å². The Bertz CT molecular complexity index is 1450. The van der Waals surface area contributed by atoms with Crippen molar-refractivity contribution >= 4 is 55.7 Å². The minimum absolute atomic E-state index is 0.0281. The number of ether oxygens (including phenoxy) is 2. The highest BCUT2D eigenvalue weighted by molar-refractivity contribution is 7.85. The van der Waals surface area contributed by atoms with Crippen molar-refractivity contribution in [1.82, 2.24) is 10.2 Å². The molecule has 0 saturated carbocycles. The SMILES string of the molecule is COCCN1C(=O)/C(=C/C=C/C=C2/Oc3cc4ccccc4cc3N2CCCS(=O)(=O)O)C(=O)NC1=S. The number of benzene rings is 2. The fourth-order valence-corrected chi connectivity index (χ4v) is 4.70. The highest BCUT2D eigenvalue weighted by Crippen LogP contribution is 2.41. The molecule has 0 atom stereocenters. The molecule has 0 aromatic heterocycles. The fraction of sp³-hybridized carbons (Fsp3) is 0.240. The number of nitrogens with one attached hydrogen (secondary N) is 1. The summed E-state index contributed by atoms with van der Waals surface area (Å²) in [5, 5.41) is 4.50. The summed E-state index contributed by atoms with van der Waals surface area (Å²) >= 11 is 5.08. The monoisotopic (exact) mass is 543 g/mol. The molecular formula is C25H25N3O7S2. The third-order valence-corrected chi connectivity index (χ3v) is 6.83. The van der Waals surface area contributed by atoms with Crippen LogP contribution in [0, 0.1) is 0 Å². The molecule has 1 fully saturated rings. The van der Waals surface area contributed by atoms with E-state index in [0.29, 0.717) is 11.6 Å². The molecule has 4 rings (SSSR count). The van der Waals surface area contributed by atoms with E-state index in [4.69, 9.17) is 26.2 Å². The van der Waals surface area contributed by atoms with Gasteiger partial charge < -0.3 is 14.4 Å². The van der Waals surface area contributed by atoms with Gasteiger partial charge in [0.15, 0.2) is 10.9 Å². The van der Waals surface area contributed by atoms with Crippen LogP contribution in [0.1, 0.15) is 6.42 Å². The zero-order valence-electron chi connectivity index (χ0n) is 19.9. The zero-order valence-corrected chi connectivity index (χ0v) is 21.5. The number of fused-ring (bicyclic) bond motifs is 2. The van der Waals surface area contributed by atoms with Crippen molar-refractivity contribution in [2.45, 2.75) is 6.42 Å². The molecule has 10 nitrogen and oxygen atoms in total. The Morgan fingerprint density at radius 3 is 2.49 bits per heavy atom. The third-order valence-electron chi connectivity index (χ3n) is 5.70. The first-order chi connectivity index (χ1) is 17.7. The maximum absolute atomic E-state index is 12.7. The molecule has 0 spiro atoms. The molecule has 1 saturated heterocycles. The van der Waals surface area contributed by atoms with Crippen molar-refractivity contribution in [3.63, 3.8) is 0 Å². The van der Waals surface area contributed by atoms with Gasteiger partial charge in [-0.2, -0.15) is 8.42 Å². The quantitative estimate of drug-likeness (QED) is 0.212. The van der Waals surface area contributed by atoms with Crippen LogP contribution in [-0.4, -0.2) is 67.4 Å². The third kappa shape index (κ3) is 6.23. The van der Waals surface area contributed by atoms with E-state index in [0.717, 1.165) is 16.5 Å². The first kappa shape index (κ1) is 26.5. The van der Waals surface area contributed by atoms with Crippen LogP contribution in [-0.2, 0) is 24.4 Å². The molecule has 2 heterocycles. The molecule has 2 N–H and O–H groups in total. The van der Waals surface area contributed by atoms with Crippen LogP contribution >= 0.6 is 12.2 Å². The van der Waals surface area contributed by atoms with Gasteiger partial charge >= 0.3 is 0 Å². The summed E-state index contributed by atoms with van der Waals surface area (Å²) < 4.78 is 42.6. The largest absolute Gasteiger partial charge is 0.439 e. The van der Waals surface area contributed by atoms with Gasteiger partial charge in [0.2, 0.25) is 5.88 Å². The second-order valence-electron chi connectivity index (χ2n) is 8.24. The number of carbonyl (C=O) groups is 2. The minimum Gasteiger partial charge on any atom is -0.439 e. The van der Waals surface area contributed by atoms with E-state index in [9.17, 15) is 18.0 Å². The molecule has 2 aromatic carbocycles. The lowest BCUT2D eigenvalue weighted by molar-refractivity contribution is -0.129. The van der Waals surface area contributed by atoms with Crippen LogP contribution in [0.2, 0.25) is 0 Å². The molecular weight excluding hydrogens is 518 g/mol. The number of hydrogen-bond donors (Lipinski definition) is 2. The molecule has 2 aliphatic rings. The molecule has 2 amide bonds. The van der Waals surface area contributed by atoms with E-state index in [1.54, 1.807) is 12.2 Å². The number of methoxy groups -OCH3 is 1. The van der Waals surface area contributed by atoms with Crippen molar-refractivity contribution in [3.8, 4) is 5.75 Å². The Kier molecular flexibility index (Phi) is 8.03. The summed E-state index contributed by atoms with van der Waals surface area (Å²) in [7, 11) is -2.60. The first-order valence-corrected chi connectivity index (χ1v) is 13.4. The number of nitrogens with zero attached hydrogens (tertiary/aromatic N) is 2. The van der Waals surface area contributed by atoms with Gasteiger partial charge in [-0.05, 0) is 53.7 Å². The second kappa shape index (κ2) is 11.2. The highest BCUT2D eigenvalue weighted by atomic mass is 32.2. The van der Waals surface area contributed by atoms with E-state index < -0.39 is 21.9 Å². The number of amides is 2. The van der Waals surface area contributed by atoms with Gasteiger partial charge in [0.05, 0.1) is 24.6 Å². The second-order valence-corrected chi connectivity index (χ2v) is 10.2. The number of carbonyl (C=O) groups excluding carboxylic acids is 2. The summed E-state index contributed by atoms with van der Waals surface area (Å²) in [6, 6.07) is 11.6. The van der Waals surface area contributed by atoms with E-state index in [-0.39, 0.29) is 42.6 Å². The molecule has 194 valence electrons. The number of allylic oxidation sites excluding steroid dienone is 4. The average molecular weight is 544 g/mol. The normalized spacial score (nSPS) is 18.3. The zero-order chi connectivity index (χ0) is 26.6. The van der Waals surface area contributed by atoms with Crippen LogP contribution in [0.25, 0.3) is 10.8 Å². The first-order valence-electron chi connectivity index (χ1n) is 11.4. The Morgan fingerprint density at radius 1 is 1.08 bits per heavy atom. The van der Waals surface area contributed by atoms with Crippen LogP contribution in [0.3, 0.4) is 0 Å². The molecule has 2 aliphatic heterocycles. The lowest BCUT2D eigenvalue weighted by Crippen LogP contribution is -2.54. The Hall–Kier alpha value is -3.58. The van der Waals surface area contributed by atoms with Gasteiger partial charge in [-0.15, -0.1) is 0 Å². The average Bonchev–Trinajstić information content (AvgIpc) is 3.17. The molecule has 0 radical (unpaired) electrons. The van der Waals surface area contributed by atoms with E-state index in [2.05, 4.69) is 5.32 Å². The summed E-state index contributed by atoms with van der Waals surface area (Å²) in [5.41, 5.74) is 0.683. The Morgan fingerprint density at radius 2 is 1.78 bits per heavy atom. The topological polar surface area (TPSA) is 125 Å². The number of rotatable bonds is 9. The van der Waals surface area contributed by atoms with Gasteiger partial charge in [0.25, 0.3) is 21.9 Å². The summed E-state index contributed by atoms with van der Waals surface area (Å²) in [6.45, 7) is 0.745. The molecule has 0 aliphatic carbocycles. The lowest BCUT2D eigenvalue weighted by Gasteiger charge is -2.28. The van der Waals surface area contributed by atoms with E-state index >= 15 is 0 Å². The van der Waals surface area contributed by atoms with Gasteiger partial charge in [-0.1, -0.05) is 36.4 Å². The van der Waals surface area contributed by atoms with Crippen molar-refractivity contribution in [2.24, 2.45) is 0 Å². The van der Waals surface area contributed by atoms with Crippen LogP contribution < -0.4 is 15.0 Å². The maximum atomic E-state index is 12.7. The predicted octanol–water partition coefficient (Wildman–Crippen LogP) is 2.53. The highest BCUT2D eigenvalue weighted by Gasteiger charge is 2.32. The van der Waals surface area contributed by atoms with Crippen LogP contribution in [0.15, 0.2) is 72.2 Å². The summed E-state index contributed by atoms with van der Waals surface area (Å²) in [5.74, 6) is -0.471. The minimum atomic E-state index is -4.10. The molecule has 0 unspecified atom stereocenters. The van der Waals surface area contributed by atoms with Crippen molar-refractivity contribution in [2.75, 3.05) is 37.5 Å². The fourth-order valence-electron chi connectivity index (χ4n) is 3.94. The van der Waals surface area contributed by atoms with Gasteiger partial charge in [0.1, 0.15) is 5.57 Å². The number of anilines is 1. The molecule has 0 bridgehead atoms. The van der Waals surface area contributed by atoms with Crippen LogP contribution in [0.5, 0.6) is 5.75 Å². The van der Waals surface area contributed by atoms with E-state index in [1.807, 2.05) is 41.3 Å². The maximum Gasteiger partial charge on any atom is 0.265 e. The van der Waals surface area contributed by atoms with Crippen molar-refractivity contribution in [1.29, 1.82) is 0 Å². The van der Waals surface area contributed by atoms with Gasteiger partial charge in [0, 0.05) is 13.7 Å². The summed E-state index contributed by atoms with van der Waals surface area (Å²) in [6.07, 6.45) is 6.34. The standard InChI is InChI=1S/C25H25N3O7S2/c1-34-13-12-28-24(30)19(23(29)26-25(28)36)9-4-5-10-22-27(11-6-14-37(31,32)33)20-15-17-7-2-3-8-18(17)16-21(20)35-22/h2-5,7-10,15-16H,6,11-14H2,1H3,(H,26,29,36)(H,31,32,33)/b5-4+,19-9+,22-10+. The Labute approximate surface area is 219 Å². The smallest absolute Gasteiger partial charge is 0.265 e. The Balaban J connectivity index is 1.57. The lowest BCUT2D eigenvalue weighted by atomic mass is 10.1. The number of hydrogen-bond acceptors (Lipinski definition) is 8. The van der Waals surface area contributed by atoms with Crippen molar-refractivity contribution < 1.29 is 32.0 Å². The van der Waals surface area contributed by atoms with Gasteiger partial charge in [-0.25, -0.2) is 0 Å². The summed E-state index contributed by atoms with van der Waals surface area (Å²) in [4.78, 5) is 28.1. The molecule has 12 heteroatoms. The number of thiocarbonyl (C=S) groups is 1. The van der Waals surface area contributed by atoms with Crippen molar-refractivity contribution in [3.05, 3.63) is 72.2 Å².